The predicted molar refractivity (Wildman–Crippen MR) is 104 cm³/mol. The summed E-state index contributed by atoms with van der Waals surface area (Å²) in [7, 11) is 5.00. The number of nitrogens with zero attached hydrogens (tertiary/aromatic N) is 1. The highest BCUT2D eigenvalue weighted by Gasteiger charge is 2.15. The van der Waals surface area contributed by atoms with Crippen LogP contribution in [0.4, 0.5) is 10.5 Å². The first-order chi connectivity index (χ1) is 13.0. The minimum absolute atomic E-state index is 0.0904. The van der Waals surface area contributed by atoms with E-state index in [4.69, 9.17) is 9.47 Å². The molecule has 142 valence electrons. The SMILES string of the molecule is COc1ccc(NC(=O)NCC(O)c2cn(C)c3ccccc23)cc1OC. The smallest absolute Gasteiger partial charge is 0.319 e. The monoisotopic (exact) mass is 369 g/mol. The summed E-state index contributed by atoms with van der Waals surface area (Å²) in [4.78, 5) is 12.2. The molecule has 1 heterocycles. The fourth-order valence-electron chi connectivity index (χ4n) is 3.03. The first-order valence-corrected chi connectivity index (χ1v) is 8.52. The Hall–Kier alpha value is -3.19. The fourth-order valence-corrected chi connectivity index (χ4v) is 3.03. The number of anilines is 1. The van der Waals surface area contributed by atoms with Crippen LogP contribution in [0.2, 0.25) is 0 Å². The van der Waals surface area contributed by atoms with E-state index in [9.17, 15) is 9.90 Å². The summed E-state index contributed by atoms with van der Waals surface area (Å²) >= 11 is 0. The van der Waals surface area contributed by atoms with Gasteiger partial charge in [0, 0.05) is 48.0 Å². The van der Waals surface area contributed by atoms with E-state index in [0.717, 1.165) is 16.5 Å². The van der Waals surface area contributed by atoms with Gasteiger partial charge in [0.2, 0.25) is 0 Å². The van der Waals surface area contributed by atoms with Gasteiger partial charge in [0.05, 0.1) is 20.3 Å². The van der Waals surface area contributed by atoms with Crippen molar-refractivity contribution in [3.8, 4) is 11.5 Å². The van der Waals surface area contributed by atoms with Crippen molar-refractivity contribution in [3.05, 3.63) is 54.2 Å². The maximum Gasteiger partial charge on any atom is 0.319 e. The molecular weight excluding hydrogens is 346 g/mol. The third-order valence-corrected chi connectivity index (χ3v) is 4.38. The lowest BCUT2D eigenvalue weighted by atomic mass is 10.1. The molecule has 1 atom stereocenters. The number of fused-ring (bicyclic) bond motifs is 1. The Kier molecular flexibility index (Phi) is 5.52. The number of hydrogen-bond acceptors (Lipinski definition) is 4. The number of methoxy groups -OCH3 is 2. The van der Waals surface area contributed by atoms with Gasteiger partial charge in [-0.15, -0.1) is 0 Å². The van der Waals surface area contributed by atoms with Crippen molar-refractivity contribution in [2.45, 2.75) is 6.10 Å². The molecule has 2 amide bonds. The molecule has 0 bridgehead atoms. The summed E-state index contributed by atoms with van der Waals surface area (Å²) in [5, 5.41) is 16.9. The maximum atomic E-state index is 12.2. The molecule has 0 saturated heterocycles. The zero-order valence-electron chi connectivity index (χ0n) is 15.5. The van der Waals surface area contributed by atoms with Gasteiger partial charge < -0.3 is 29.8 Å². The van der Waals surface area contributed by atoms with Gasteiger partial charge in [0.25, 0.3) is 0 Å². The molecule has 0 aliphatic rings. The van der Waals surface area contributed by atoms with E-state index in [1.165, 1.54) is 7.11 Å². The lowest BCUT2D eigenvalue weighted by Crippen LogP contribution is -2.32. The van der Waals surface area contributed by atoms with Crippen molar-refractivity contribution in [1.29, 1.82) is 0 Å². The number of aliphatic hydroxyl groups is 1. The highest BCUT2D eigenvalue weighted by atomic mass is 16.5. The fraction of sp³-hybridized carbons (Fsp3) is 0.250. The Morgan fingerprint density at radius 2 is 1.89 bits per heavy atom. The first kappa shape index (κ1) is 18.6. The van der Waals surface area contributed by atoms with Crippen LogP contribution in [0, 0.1) is 0 Å². The second kappa shape index (κ2) is 8.01. The van der Waals surface area contributed by atoms with Gasteiger partial charge in [0.15, 0.2) is 11.5 Å². The zero-order chi connectivity index (χ0) is 19.4. The second-order valence-electron chi connectivity index (χ2n) is 6.13. The normalized spacial score (nSPS) is 11.9. The molecule has 0 saturated carbocycles. The number of benzene rings is 2. The van der Waals surface area contributed by atoms with Crippen LogP contribution in [0.25, 0.3) is 10.9 Å². The minimum Gasteiger partial charge on any atom is -0.493 e. The van der Waals surface area contributed by atoms with Crippen molar-refractivity contribution in [1.82, 2.24) is 9.88 Å². The summed E-state index contributed by atoms with van der Waals surface area (Å²) in [5.41, 5.74) is 2.37. The van der Waals surface area contributed by atoms with Crippen LogP contribution in [0.15, 0.2) is 48.7 Å². The number of rotatable bonds is 6. The molecular formula is C20H23N3O4. The molecule has 2 aromatic carbocycles. The van der Waals surface area contributed by atoms with Crippen LogP contribution in [0.1, 0.15) is 11.7 Å². The largest absolute Gasteiger partial charge is 0.493 e. The highest BCUT2D eigenvalue weighted by Crippen LogP contribution is 2.29. The lowest BCUT2D eigenvalue weighted by molar-refractivity contribution is 0.176. The van der Waals surface area contributed by atoms with E-state index >= 15 is 0 Å². The molecule has 0 fully saturated rings. The van der Waals surface area contributed by atoms with Gasteiger partial charge in [-0.05, 0) is 18.2 Å². The summed E-state index contributed by atoms with van der Waals surface area (Å²) in [5.74, 6) is 1.10. The maximum absolute atomic E-state index is 12.2. The van der Waals surface area contributed by atoms with E-state index in [-0.39, 0.29) is 6.54 Å². The van der Waals surface area contributed by atoms with E-state index in [0.29, 0.717) is 17.2 Å². The topological polar surface area (TPSA) is 84.8 Å². The number of aromatic nitrogens is 1. The Morgan fingerprint density at radius 3 is 2.63 bits per heavy atom. The Labute approximate surface area is 157 Å². The molecule has 1 aromatic heterocycles. The van der Waals surface area contributed by atoms with Crippen molar-refractivity contribution in [2.24, 2.45) is 7.05 Å². The number of ether oxygens (including phenoxy) is 2. The van der Waals surface area contributed by atoms with Crippen molar-refractivity contribution < 1.29 is 19.4 Å². The standard InChI is InChI=1S/C20H23N3O4/c1-23-12-15(14-6-4-5-7-16(14)23)17(24)11-21-20(25)22-13-8-9-18(26-2)19(10-13)27-3/h4-10,12,17,24H,11H2,1-3H3,(H2,21,22,25). The average molecular weight is 369 g/mol. The number of aryl methyl sites for hydroxylation is 1. The van der Waals surface area contributed by atoms with E-state index in [1.54, 1.807) is 25.3 Å². The van der Waals surface area contributed by atoms with Crippen LogP contribution >= 0.6 is 0 Å². The Morgan fingerprint density at radius 1 is 1.15 bits per heavy atom. The summed E-state index contributed by atoms with van der Waals surface area (Å²) < 4.78 is 12.3. The van der Waals surface area contributed by atoms with Gasteiger partial charge in [-0.3, -0.25) is 0 Å². The van der Waals surface area contributed by atoms with E-state index in [1.807, 2.05) is 42.1 Å². The van der Waals surface area contributed by atoms with E-state index < -0.39 is 12.1 Å². The number of aliphatic hydroxyl groups excluding tert-OH is 1. The molecule has 27 heavy (non-hydrogen) atoms. The van der Waals surface area contributed by atoms with Gasteiger partial charge in [0.1, 0.15) is 0 Å². The number of nitrogens with one attached hydrogen (secondary N) is 2. The molecule has 0 spiro atoms. The molecule has 1 unspecified atom stereocenters. The number of amides is 2. The molecule has 3 N–H and O–H groups in total. The highest BCUT2D eigenvalue weighted by molar-refractivity contribution is 5.90. The minimum atomic E-state index is -0.813. The average Bonchev–Trinajstić information content (AvgIpc) is 3.03. The molecule has 0 radical (unpaired) electrons. The molecule has 0 aliphatic carbocycles. The molecule has 3 aromatic rings. The van der Waals surface area contributed by atoms with Crippen LogP contribution < -0.4 is 20.1 Å². The number of para-hydroxylation sites is 1. The third kappa shape index (κ3) is 3.98. The zero-order valence-corrected chi connectivity index (χ0v) is 15.5. The van der Waals surface area contributed by atoms with Crippen LogP contribution in [-0.4, -0.2) is 36.5 Å². The number of urea groups is 1. The van der Waals surface area contributed by atoms with E-state index in [2.05, 4.69) is 10.6 Å². The Bertz CT molecular complexity index is 952. The van der Waals surface area contributed by atoms with Crippen LogP contribution in [-0.2, 0) is 7.05 Å². The molecule has 7 heteroatoms. The summed E-state index contributed by atoms with van der Waals surface area (Å²) in [6, 6.07) is 12.5. The number of carbonyl (C=O) groups is 1. The number of carbonyl (C=O) groups excluding carboxylic acids is 1. The predicted octanol–water partition coefficient (Wildman–Crippen LogP) is 3.05. The summed E-state index contributed by atoms with van der Waals surface area (Å²) in [6.07, 6.45) is 1.07. The van der Waals surface area contributed by atoms with Crippen molar-refractivity contribution in [3.63, 3.8) is 0 Å². The van der Waals surface area contributed by atoms with Crippen molar-refractivity contribution >= 4 is 22.6 Å². The van der Waals surface area contributed by atoms with Gasteiger partial charge >= 0.3 is 6.03 Å². The van der Waals surface area contributed by atoms with Crippen LogP contribution in [0.5, 0.6) is 11.5 Å². The van der Waals surface area contributed by atoms with Gasteiger partial charge in [-0.2, -0.15) is 0 Å². The molecule has 0 aliphatic heterocycles. The first-order valence-electron chi connectivity index (χ1n) is 8.52. The second-order valence-corrected chi connectivity index (χ2v) is 6.13. The third-order valence-electron chi connectivity index (χ3n) is 4.38. The Balaban J connectivity index is 1.63. The van der Waals surface area contributed by atoms with Crippen LogP contribution in [0.3, 0.4) is 0 Å². The lowest BCUT2D eigenvalue weighted by Gasteiger charge is -2.13. The molecule has 3 rings (SSSR count). The molecule has 7 nitrogen and oxygen atoms in total. The van der Waals surface area contributed by atoms with Gasteiger partial charge in [-0.1, -0.05) is 18.2 Å². The van der Waals surface area contributed by atoms with Crippen molar-refractivity contribution in [2.75, 3.05) is 26.1 Å². The summed E-state index contributed by atoms with van der Waals surface area (Å²) in [6.45, 7) is 0.0904. The quantitative estimate of drug-likeness (QED) is 0.623. The number of hydrogen-bond donors (Lipinski definition) is 3. The van der Waals surface area contributed by atoms with Gasteiger partial charge in [-0.25, -0.2) is 4.79 Å².